The number of halogens is 1. The maximum absolute atomic E-state index is 11.9. The van der Waals surface area contributed by atoms with Crippen molar-refractivity contribution in [1.29, 1.82) is 0 Å². The molecule has 108 valence electrons. The summed E-state index contributed by atoms with van der Waals surface area (Å²) in [5.74, 6) is -0.00340. The van der Waals surface area contributed by atoms with Crippen LogP contribution in [0.15, 0.2) is 65.3 Å². The molecule has 2 nitrogen and oxygen atoms in total. The Bertz CT molecular complexity index is 615. The molecule has 21 heavy (non-hydrogen) atoms. The lowest BCUT2D eigenvalue weighted by Gasteiger charge is -2.03. The molecule has 0 aliphatic rings. The van der Waals surface area contributed by atoms with Crippen molar-refractivity contribution in [3.05, 3.63) is 82.0 Å². The number of nitrogens with one attached hydrogen (secondary N) is 1. The second-order valence-electron chi connectivity index (χ2n) is 4.76. The lowest BCUT2D eigenvalue weighted by molar-refractivity contribution is 0.104. The number of carbonyl (C=O) groups is 1. The van der Waals surface area contributed by atoms with E-state index >= 15 is 0 Å². The minimum Gasteiger partial charge on any atom is -0.387 e. The topological polar surface area (TPSA) is 29.1 Å². The molecular weight excluding hydrogens is 326 g/mol. The highest BCUT2D eigenvalue weighted by molar-refractivity contribution is 9.10. The molecule has 0 aromatic heterocycles. The summed E-state index contributed by atoms with van der Waals surface area (Å²) < 4.78 is 0.969. The summed E-state index contributed by atoms with van der Waals surface area (Å²) in [5.41, 5.74) is 3.22. The van der Waals surface area contributed by atoms with Gasteiger partial charge in [0.1, 0.15) is 0 Å². The molecule has 0 saturated heterocycles. The van der Waals surface area contributed by atoms with Gasteiger partial charge in [0.05, 0.1) is 0 Å². The zero-order valence-corrected chi connectivity index (χ0v) is 13.6. The third-order valence-corrected chi connectivity index (χ3v) is 3.75. The Kier molecular flexibility index (Phi) is 5.76. The number of allylic oxidation sites excluding steroid dienone is 1. The SMILES string of the molecule is CCc1ccc(CN/C=C/C(=O)c2ccc(Br)cc2)cc1. The van der Waals surface area contributed by atoms with E-state index in [4.69, 9.17) is 0 Å². The quantitative estimate of drug-likeness (QED) is 0.618. The fraction of sp³-hybridized carbons (Fsp3) is 0.167. The van der Waals surface area contributed by atoms with Gasteiger partial charge in [-0.15, -0.1) is 0 Å². The Labute approximate surface area is 134 Å². The van der Waals surface area contributed by atoms with Gasteiger partial charge in [-0.05, 0) is 41.8 Å². The lowest BCUT2D eigenvalue weighted by atomic mass is 10.1. The number of hydrogen-bond donors (Lipinski definition) is 1. The monoisotopic (exact) mass is 343 g/mol. The largest absolute Gasteiger partial charge is 0.387 e. The molecule has 0 bridgehead atoms. The molecule has 2 aromatic carbocycles. The van der Waals surface area contributed by atoms with Crippen LogP contribution in [0.3, 0.4) is 0 Å². The highest BCUT2D eigenvalue weighted by Gasteiger charge is 2.00. The summed E-state index contributed by atoms with van der Waals surface area (Å²) in [6.45, 7) is 2.86. The molecule has 0 fully saturated rings. The highest BCUT2D eigenvalue weighted by atomic mass is 79.9. The Balaban J connectivity index is 1.84. The first-order chi connectivity index (χ1) is 10.2. The lowest BCUT2D eigenvalue weighted by Crippen LogP contribution is -2.06. The first-order valence-electron chi connectivity index (χ1n) is 6.96. The van der Waals surface area contributed by atoms with E-state index in [2.05, 4.69) is 52.4 Å². The summed E-state index contributed by atoms with van der Waals surface area (Å²) in [6.07, 6.45) is 4.32. The van der Waals surface area contributed by atoms with Crippen LogP contribution in [-0.2, 0) is 13.0 Å². The third-order valence-electron chi connectivity index (χ3n) is 3.22. The van der Waals surface area contributed by atoms with Gasteiger partial charge in [0.2, 0.25) is 0 Å². The molecule has 1 N–H and O–H groups in total. The van der Waals surface area contributed by atoms with Gasteiger partial charge >= 0.3 is 0 Å². The summed E-state index contributed by atoms with van der Waals surface area (Å²) in [7, 11) is 0. The van der Waals surface area contributed by atoms with Crippen molar-refractivity contribution in [2.45, 2.75) is 19.9 Å². The van der Waals surface area contributed by atoms with Crippen LogP contribution in [0.4, 0.5) is 0 Å². The van der Waals surface area contributed by atoms with E-state index in [1.807, 2.05) is 12.1 Å². The predicted octanol–water partition coefficient (Wildman–Crippen LogP) is 4.50. The predicted molar refractivity (Wildman–Crippen MR) is 90.3 cm³/mol. The molecule has 2 rings (SSSR count). The Morgan fingerprint density at radius 3 is 2.29 bits per heavy atom. The number of hydrogen-bond acceptors (Lipinski definition) is 2. The smallest absolute Gasteiger partial charge is 0.187 e. The van der Waals surface area contributed by atoms with Crippen molar-refractivity contribution in [2.24, 2.45) is 0 Å². The van der Waals surface area contributed by atoms with Crippen LogP contribution < -0.4 is 5.32 Å². The molecule has 0 saturated carbocycles. The molecule has 0 unspecified atom stereocenters. The van der Waals surface area contributed by atoms with Gasteiger partial charge in [-0.2, -0.15) is 0 Å². The van der Waals surface area contributed by atoms with Gasteiger partial charge in [0.15, 0.2) is 5.78 Å². The van der Waals surface area contributed by atoms with Crippen molar-refractivity contribution in [1.82, 2.24) is 5.32 Å². The van der Waals surface area contributed by atoms with Crippen LogP contribution in [0, 0.1) is 0 Å². The van der Waals surface area contributed by atoms with Crippen molar-refractivity contribution >= 4 is 21.7 Å². The third kappa shape index (κ3) is 4.87. The molecule has 0 amide bonds. The van der Waals surface area contributed by atoms with Crippen molar-refractivity contribution < 1.29 is 4.79 Å². The van der Waals surface area contributed by atoms with Gasteiger partial charge in [-0.3, -0.25) is 4.79 Å². The highest BCUT2D eigenvalue weighted by Crippen LogP contribution is 2.11. The zero-order chi connectivity index (χ0) is 15.1. The van der Waals surface area contributed by atoms with Crippen molar-refractivity contribution in [3.63, 3.8) is 0 Å². The summed E-state index contributed by atoms with van der Waals surface area (Å²) >= 11 is 3.35. The minimum absolute atomic E-state index is 0.00340. The number of benzene rings is 2. The Morgan fingerprint density at radius 2 is 1.67 bits per heavy atom. The second-order valence-corrected chi connectivity index (χ2v) is 5.67. The number of carbonyl (C=O) groups excluding carboxylic acids is 1. The fourth-order valence-corrected chi connectivity index (χ4v) is 2.18. The number of ketones is 1. The van der Waals surface area contributed by atoms with Crippen molar-refractivity contribution in [2.75, 3.05) is 0 Å². The molecule has 0 aliphatic carbocycles. The summed E-state index contributed by atoms with van der Waals surface area (Å²) in [5, 5.41) is 3.14. The van der Waals surface area contributed by atoms with Crippen LogP contribution in [0.2, 0.25) is 0 Å². The van der Waals surface area contributed by atoms with E-state index in [0.717, 1.165) is 10.9 Å². The fourth-order valence-electron chi connectivity index (χ4n) is 1.91. The number of rotatable bonds is 6. The average Bonchev–Trinajstić information content (AvgIpc) is 2.52. The molecule has 0 spiro atoms. The molecule has 0 atom stereocenters. The van der Waals surface area contributed by atoms with Gasteiger partial charge < -0.3 is 5.32 Å². The van der Waals surface area contributed by atoms with E-state index in [-0.39, 0.29) is 5.78 Å². The van der Waals surface area contributed by atoms with Gasteiger partial charge in [0.25, 0.3) is 0 Å². The normalized spacial score (nSPS) is 10.8. The van der Waals surface area contributed by atoms with Gasteiger partial charge in [-0.1, -0.05) is 47.1 Å². The Morgan fingerprint density at radius 1 is 1.05 bits per heavy atom. The molecule has 0 radical (unpaired) electrons. The van der Waals surface area contributed by atoms with E-state index < -0.39 is 0 Å². The first kappa shape index (κ1) is 15.5. The Hall–Kier alpha value is -1.87. The summed E-state index contributed by atoms with van der Waals surface area (Å²) in [6, 6.07) is 15.8. The first-order valence-corrected chi connectivity index (χ1v) is 7.76. The number of aryl methyl sites for hydroxylation is 1. The van der Waals surface area contributed by atoms with E-state index in [0.29, 0.717) is 12.1 Å². The zero-order valence-electron chi connectivity index (χ0n) is 12.0. The minimum atomic E-state index is -0.00340. The van der Waals surface area contributed by atoms with E-state index in [9.17, 15) is 4.79 Å². The van der Waals surface area contributed by atoms with Crippen LogP contribution >= 0.6 is 15.9 Å². The van der Waals surface area contributed by atoms with Crippen molar-refractivity contribution in [3.8, 4) is 0 Å². The molecule has 3 heteroatoms. The molecular formula is C18H18BrNO. The van der Waals surface area contributed by atoms with Gasteiger partial charge in [0, 0.05) is 28.9 Å². The van der Waals surface area contributed by atoms with Crippen LogP contribution in [0.25, 0.3) is 0 Å². The van der Waals surface area contributed by atoms with Gasteiger partial charge in [-0.25, -0.2) is 0 Å². The molecule has 0 heterocycles. The maximum Gasteiger partial charge on any atom is 0.187 e. The van der Waals surface area contributed by atoms with E-state index in [1.165, 1.54) is 11.1 Å². The van der Waals surface area contributed by atoms with E-state index in [1.54, 1.807) is 24.4 Å². The second kappa shape index (κ2) is 7.79. The maximum atomic E-state index is 11.9. The van der Waals surface area contributed by atoms with Crippen LogP contribution in [0.5, 0.6) is 0 Å². The van der Waals surface area contributed by atoms with Crippen LogP contribution in [0.1, 0.15) is 28.4 Å². The standard InChI is InChI=1S/C18H18BrNO/c1-2-14-3-5-15(6-4-14)13-20-12-11-18(21)16-7-9-17(19)10-8-16/h3-12,20H,2,13H2,1H3/b12-11+. The van der Waals surface area contributed by atoms with Crippen LogP contribution in [-0.4, -0.2) is 5.78 Å². The molecule has 2 aromatic rings. The summed E-state index contributed by atoms with van der Waals surface area (Å²) in [4.78, 5) is 11.9. The average molecular weight is 344 g/mol. The molecule has 0 aliphatic heterocycles.